The van der Waals surface area contributed by atoms with Gasteiger partial charge >= 0.3 is 0 Å². The fourth-order valence-electron chi connectivity index (χ4n) is 2.60. The van der Waals surface area contributed by atoms with E-state index in [0.29, 0.717) is 18.0 Å². The van der Waals surface area contributed by atoms with E-state index < -0.39 is 0 Å². The summed E-state index contributed by atoms with van der Waals surface area (Å²) < 4.78 is 12.8. The number of benzene rings is 2. The van der Waals surface area contributed by atoms with Gasteiger partial charge < -0.3 is 9.47 Å². The zero-order valence-electron chi connectivity index (χ0n) is 14.9. The number of methoxy groups -OCH3 is 2. The molecule has 0 bridgehead atoms. The Labute approximate surface area is 157 Å². The number of nitrogens with zero attached hydrogens (tertiary/aromatic N) is 3. The van der Waals surface area contributed by atoms with Crippen LogP contribution in [0.15, 0.2) is 66.3 Å². The van der Waals surface area contributed by atoms with Crippen LogP contribution in [0, 0.1) is 0 Å². The van der Waals surface area contributed by atoms with Crippen LogP contribution in [-0.2, 0) is 12.3 Å². The first-order valence-electron chi connectivity index (χ1n) is 8.20. The Kier molecular flexibility index (Phi) is 5.96. The molecule has 0 unspecified atom stereocenters. The molecule has 0 aliphatic carbocycles. The summed E-state index contributed by atoms with van der Waals surface area (Å²) in [6, 6.07) is 16.1. The minimum atomic E-state index is 0.633. The topological polar surface area (TPSA) is 49.2 Å². The quantitative estimate of drug-likeness (QED) is 0.435. The van der Waals surface area contributed by atoms with Crippen molar-refractivity contribution in [2.24, 2.45) is 0 Å². The van der Waals surface area contributed by atoms with E-state index >= 15 is 0 Å². The fraction of sp³-hybridized carbons (Fsp3) is 0.200. The molecule has 0 N–H and O–H groups in total. The van der Waals surface area contributed by atoms with Gasteiger partial charge in [0, 0.05) is 17.9 Å². The van der Waals surface area contributed by atoms with Gasteiger partial charge in [0.1, 0.15) is 0 Å². The van der Waals surface area contributed by atoms with Crippen molar-refractivity contribution in [2.45, 2.75) is 17.5 Å². The zero-order valence-corrected chi connectivity index (χ0v) is 15.7. The summed E-state index contributed by atoms with van der Waals surface area (Å²) >= 11 is 1.66. The summed E-state index contributed by atoms with van der Waals surface area (Å²) in [5.74, 6) is 2.96. The van der Waals surface area contributed by atoms with Gasteiger partial charge in [0.2, 0.25) is 0 Å². The van der Waals surface area contributed by atoms with E-state index in [0.717, 1.165) is 22.3 Å². The lowest BCUT2D eigenvalue weighted by atomic mass is 10.2. The Morgan fingerprint density at radius 1 is 1.04 bits per heavy atom. The fourth-order valence-corrected chi connectivity index (χ4v) is 3.50. The molecule has 0 aliphatic rings. The van der Waals surface area contributed by atoms with E-state index in [1.807, 2.05) is 42.5 Å². The predicted molar refractivity (Wildman–Crippen MR) is 105 cm³/mol. The number of thioether (sulfide) groups is 1. The first kappa shape index (κ1) is 18.1. The highest BCUT2D eigenvalue weighted by atomic mass is 32.2. The number of ether oxygens (including phenoxy) is 2. The molecule has 0 fully saturated rings. The van der Waals surface area contributed by atoms with Gasteiger partial charge in [0.25, 0.3) is 0 Å². The van der Waals surface area contributed by atoms with Crippen LogP contribution < -0.4 is 9.47 Å². The molecule has 3 aromatic rings. The van der Waals surface area contributed by atoms with Crippen LogP contribution >= 0.6 is 11.8 Å². The average Bonchev–Trinajstić information content (AvgIpc) is 3.09. The van der Waals surface area contributed by atoms with E-state index in [1.54, 1.807) is 26.0 Å². The van der Waals surface area contributed by atoms with Crippen molar-refractivity contribution in [3.05, 3.63) is 66.7 Å². The van der Waals surface area contributed by atoms with Crippen LogP contribution in [0.3, 0.4) is 0 Å². The number of allylic oxidation sites excluding steroid dienone is 1. The highest BCUT2D eigenvalue weighted by Crippen LogP contribution is 2.33. The second-order valence-corrected chi connectivity index (χ2v) is 6.49. The highest BCUT2D eigenvalue weighted by molar-refractivity contribution is 7.98. The van der Waals surface area contributed by atoms with Gasteiger partial charge in [0.15, 0.2) is 22.5 Å². The lowest BCUT2D eigenvalue weighted by Gasteiger charge is -2.11. The lowest BCUT2D eigenvalue weighted by molar-refractivity contribution is 0.355. The predicted octanol–water partition coefficient (Wildman–Crippen LogP) is 4.44. The molecule has 1 aromatic heterocycles. The van der Waals surface area contributed by atoms with Crippen LogP contribution in [0.2, 0.25) is 0 Å². The number of aromatic nitrogens is 3. The van der Waals surface area contributed by atoms with Gasteiger partial charge in [-0.05, 0) is 23.8 Å². The van der Waals surface area contributed by atoms with Gasteiger partial charge in [-0.3, -0.25) is 4.57 Å². The molecule has 6 heteroatoms. The Hall–Kier alpha value is -2.73. The summed E-state index contributed by atoms with van der Waals surface area (Å²) in [4.78, 5) is 0. The molecule has 0 spiro atoms. The van der Waals surface area contributed by atoms with Crippen LogP contribution in [0.4, 0.5) is 0 Å². The molecule has 3 rings (SSSR count). The number of rotatable bonds is 8. The average molecular weight is 367 g/mol. The van der Waals surface area contributed by atoms with E-state index in [-0.39, 0.29) is 0 Å². The maximum atomic E-state index is 5.40. The highest BCUT2D eigenvalue weighted by Gasteiger charge is 2.15. The summed E-state index contributed by atoms with van der Waals surface area (Å²) in [7, 11) is 3.24. The van der Waals surface area contributed by atoms with Gasteiger partial charge in [-0.2, -0.15) is 0 Å². The number of hydrogen-bond donors (Lipinski definition) is 0. The van der Waals surface area contributed by atoms with Crippen molar-refractivity contribution in [3.8, 4) is 22.9 Å². The maximum Gasteiger partial charge on any atom is 0.192 e. The van der Waals surface area contributed by atoms with E-state index in [1.165, 1.54) is 5.56 Å². The van der Waals surface area contributed by atoms with Crippen molar-refractivity contribution in [2.75, 3.05) is 14.2 Å². The summed E-state index contributed by atoms with van der Waals surface area (Å²) in [5.41, 5.74) is 2.17. The van der Waals surface area contributed by atoms with Crippen molar-refractivity contribution < 1.29 is 9.47 Å². The molecule has 1 heterocycles. The molecule has 2 aromatic carbocycles. The molecule has 26 heavy (non-hydrogen) atoms. The first-order chi connectivity index (χ1) is 12.8. The zero-order chi connectivity index (χ0) is 18.4. The van der Waals surface area contributed by atoms with Crippen LogP contribution in [-0.4, -0.2) is 29.0 Å². The third-order valence-electron chi connectivity index (χ3n) is 3.88. The Morgan fingerprint density at radius 2 is 1.81 bits per heavy atom. The third kappa shape index (κ3) is 3.91. The molecule has 0 saturated heterocycles. The van der Waals surface area contributed by atoms with Gasteiger partial charge in [-0.25, -0.2) is 0 Å². The molecule has 0 saturated carbocycles. The summed E-state index contributed by atoms with van der Waals surface area (Å²) in [6.07, 6.45) is 1.85. The first-order valence-corrected chi connectivity index (χ1v) is 9.18. The summed E-state index contributed by atoms with van der Waals surface area (Å²) in [6.45, 7) is 4.49. The maximum absolute atomic E-state index is 5.40. The van der Waals surface area contributed by atoms with Gasteiger partial charge in [-0.1, -0.05) is 48.2 Å². The number of hydrogen-bond acceptors (Lipinski definition) is 5. The van der Waals surface area contributed by atoms with Crippen molar-refractivity contribution in [1.82, 2.24) is 14.8 Å². The Balaban J connectivity index is 1.90. The van der Waals surface area contributed by atoms with Crippen molar-refractivity contribution in [3.63, 3.8) is 0 Å². The van der Waals surface area contributed by atoms with Gasteiger partial charge in [-0.15, -0.1) is 16.8 Å². The van der Waals surface area contributed by atoms with Crippen molar-refractivity contribution >= 4 is 11.8 Å². The molecular weight excluding hydrogens is 346 g/mol. The van der Waals surface area contributed by atoms with Gasteiger partial charge in [0.05, 0.1) is 14.2 Å². The smallest absolute Gasteiger partial charge is 0.192 e. The van der Waals surface area contributed by atoms with E-state index in [2.05, 4.69) is 33.5 Å². The third-order valence-corrected chi connectivity index (χ3v) is 4.92. The molecule has 5 nitrogen and oxygen atoms in total. The van der Waals surface area contributed by atoms with E-state index in [4.69, 9.17) is 9.47 Å². The minimum absolute atomic E-state index is 0.633. The van der Waals surface area contributed by atoms with Crippen LogP contribution in [0.5, 0.6) is 11.5 Å². The SMILES string of the molecule is C=CCn1c(SCc2ccccc2)nnc1-c1ccc(OC)c(OC)c1. The molecule has 0 atom stereocenters. The molecule has 0 amide bonds. The van der Waals surface area contributed by atoms with Crippen LogP contribution in [0.25, 0.3) is 11.4 Å². The summed E-state index contributed by atoms with van der Waals surface area (Å²) in [5, 5.41) is 9.64. The Morgan fingerprint density at radius 3 is 2.50 bits per heavy atom. The molecule has 0 radical (unpaired) electrons. The monoisotopic (exact) mass is 367 g/mol. The Bertz CT molecular complexity index is 878. The largest absolute Gasteiger partial charge is 0.493 e. The second kappa shape index (κ2) is 8.58. The minimum Gasteiger partial charge on any atom is -0.493 e. The standard InChI is InChI=1S/C20H21N3O2S/c1-4-12-23-19(16-10-11-17(24-2)18(13-16)25-3)21-22-20(23)26-14-15-8-6-5-7-9-15/h4-11,13H,1,12,14H2,2-3H3. The van der Waals surface area contributed by atoms with Crippen molar-refractivity contribution in [1.29, 1.82) is 0 Å². The van der Waals surface area contributed by atoms with Crippen LogP contribution in [0.1, 0.15) is 5.56 Å². The molecular formula is C20H21N3O2S. The lowest BCUT2D eigenvalue weighted by Crippen LogP contribution is -2.01. The van der Waals surface area contributed by atoms with E-state index in [9.17, 15) is 0 Å². The normalized spacial score (nSPS) is 10.5. The second-order valence-electron chi connectivity index (χ2n) is 5.55. The molecule has 0 aliphatic heterocycles. The molecule has 134 valence electrons.